The van der Waals surface area contributed by atoms with Crippen LogP contribution in [0.5, 0.6) is 11.8 Å². The lowest BCUT2D eigenvalue weighted by Crippen LogP contribution is -2.16. The van der Waals surface area contributed by atoms with Gasteiger partial charge in [0, 0.05) is 0 Å². The second kappa shape index (κ2) is 6.50. The molecule has 1 amide bonds. The van der Waals surface area contributed by atoms with E-state index in [1.807, 2.05) is 0 Å². The number of rotatable bonds is 6. The highest BCUT2D eigenvalue weighted by molar-refractivity contribution is 5.88. The quantitative estimate of drug-likeness (QED) is 0.834. The third kappa shape index (κ3) is 3.94. The normalized spacial score (nSPS) is 10.1. The highest BCUT2D eigenvalue weighted by atomic mass is 19.1. The summed E-state index contributed by atoms with van der Waals surface area (Å²) in [5.74, 6) is 0.0782. The summed E-state index contributed by atoms with van der Waals surface area (Å²) >= 11 is 0. The molecule has 0 radical (unpaired) electrons. The van der Waals surface area contributed by atoms with E-state index in [1.165, 1.54) is 31.4 Å². The van der Waals surface area contributed by atoms with E-state index in [2.05, 4.69) is 20.5 Å². The molecule has 8 heteroatoms. The molecule has 0 aliphatic carbocycles. The molecule has 1 heterocycles. The van der Waals surface area contributed by atoms with Gasteiger partial charge in [-0.05, 0) is 24.3 Å². The highest BCUT2D eigenvalue weighted by Gasteiger charge is 2.07. The molecule has 7 nitrogen and oxygen atoms in total. The van der Waals surface area contributed by atoms with Crippen molar-refractivity contribution in [3.63, 3.8) is 0 Å². The van der Waals surface area contributed by atoms with Gasteiger partial charge >= 0.3 is 6.01 Å². The number of nitrogens with one attached hydrogen (secondary N) is 2. The summed E-state index contributed by atoms with van der Waals surface area (Å²) in [5, 5.41) is 8.69. The molecule has 0 aliphatic heterocycles. The van der Waals surface area contributed by atoms with Crippen molar-refractivity contribution in [1.82, 2.24) is 15.2 Å². The van der Waals surface area contributed by atoms with E-state index in [0.717, 1.165) is 0 Å². The summed E-state index contributed by atoms with van der Waals surface area (Å²) in [4.78, 5) is 15.4. The lowest BCUT2D eigenvalue weighted by molar-refractivity contribution is -0.116. The van der Waals surface area contributed by atoms with E-state index in [1.54, 1.807) is 0 Å². The van der Waals surface area contributed by atoms with E-state index < -0.39 is 0 Å². The van der Waals surface area contributed by atoms with Crippen LogP contribution in [-0.2, 0) is 4.79 Å². The number of aromatic nitrogens is 3. The van der Waals surface area contributed by atoms with Crippen LogP contribution in [-0.4, -0.2) is 34.8 Å². The largest absolute Gasteiger partial charge is 0.493 e. The number of H-pyrrole nitrogens is 1. The number of anilines is 1. The number of nitrogens with zero attached hydrogens (tertiary/aromatic N) is 2. The minimum absolute atomic E-state index is 0.125. The fraction of sp³-hybridized carbons (Fsp3) is 0.250. The first-order valence-corrected chi connectivity index (χ1v) is 5.82. The predicted octanol–water partition coefficient (Wildman–Crippen LogP) is 1.36. The van der Waals surface area contributed by atoms with Crippen molar-refractivity contribution in [3.05, 3.63) is 30.1 Å². The van der Waals surface area contributed by atoms with Gasteiger partial charge in [-0.15, -0.1) is 5.10 Å². The minimum Gasteiger partial charge on any atom is -0.493 e. The van der Waals surface area contributed by atoms with Gasteiger partial charge in [-0.3, -0.25) is 10.1 Å². The second-order valence-electron chi connectivity index (χ2n) is 3.77. The average molecular weight is 280 g/mol. The number of benzene rings is 1. The van der Waals surface area contributed by atoms with Gasteiger partial charge in [0.2, 0.25) is 11.9 Å². The van der Waals surface area contributed by atoms with Gasteiger partial charge in [0.05, 0.1) is 20.1 Å². The van der Waals surface area contributed by atoms with Gasteiger partial charge in [0.15, 0.2) is 0 Å². The predicted molar refractivity (Wildman–Crippen MR) is 68.1 cm³/mol. The van der Waals surface area contributed by atoms with Gasteiger partial charge in [-0.2, -0.15) is 4.98 Å². The van der Waals surface area contributed by atoms with Gasteiger partial charge in [0.25, 0.3) is 0 Å². The van der Waals surface area contributed by atoms with Crippen LogP contribution < -0.4 is 14.8 Å². The van der Waals surface area contributed by atoms with Crippen LogP contribution in [0.4, 0.5) is 10.3 Å². The Balaban J connectivity index is 1.73. The number of ether oxygens (including phenoxy) is 2. The lowest BCUT2D eigenvalue weighted by atomic mass is 10.3. The average Bonchev–Trinajstić information content (AvgIpc) is 2.88. The maximum absolute atomic E-state index is 12.7. The van der Waals surface area contributed by atoms with Gasteiger partial charge in [0.1, 0.15) is 11.6 Å². The van der Waals surface area contributed by atoms with E-state index >= 15 is 0 Å². The molecule has 0 unspecified atom stereocenters. The van der Waals surface area contributed by atoms with Crippen LogP contribution in [0.25, 0.3) is 0 Å². The number of hydrogen-bond acceptors (Lipinski definition) is 5. The molecular weight excluding hydrogens is 267 g/mol. The van der Waals surface area contributed by atoms with Crippen molar-refractivity contribution in [2.75, 3.05) is 19.0 Å². The Morgan fingerprint density at radius 1 is 1.40 bits per heavy atom. The Morgan fingerprint density at radius 3 is 2.80 bits per heavy atom. The summed E-state index contributed by atoms with van der Waals surface area (Å²) in [6.07, 6.45) is 0.125. The summed E-state index contributed by atoms with van der Waals surface area (Å²) in [7, 11) is 1.42. The second-order valence-corrected chi connectivity index (χ2v) is 3.77. The zero-order valence-corrected chi connectivity index (χ0v) is 10.7. The minimum atomic E-state index is -0.339. The molecular formula is C12H13FN4O3. The number of aromatic amines is 1. The maximum Gasteiger partial charge on any atom is 0.336 e. The Kier molecular flexibility index (Phi) is 4.48. The van der Waals surface area contributed by atoms with Crippen LogP contribution in [0, 0.1) is 5.82 Å². The lowest BCUT2D eigenvalue weighted by Gasteiger charge is -2.05. The number of halogens is 1. The summed E-state index contributed by atoms with van der Waals surface area (Å²) in [6.45, 7) is 0.169. The summed E-state index contributed by atoms with van der Waals surface area (Å²) in [5.41, 5.74) is 0. The zero-order chi connectivity index (χ0) is 14.4. The molecule has 106 valence electrons. The van der Waals surface area contributed by atoms with Crippen LogP contribution in [0.3, 0.4) is 0 Å². The smallest absolute Gasteiger partial charge is 0.336 e. The number of hydrogen-bond donors (Lipinski definition) is 2. The molecule has 0 bridgehead atoms. The molecule has 0 saturated heterocycles. The van der Waals surface area contributed by atoms with Crippen molar-refractivity contribution in [3.8, 4) is 11.8 Å². The Morgan fingerprint density at radius 2 is 2.15 bits per heavy atom. The molecule has 20 heavy (non-hydrogen) atoms. The van der Waals surface area contributed by atoms with Crippen LogP contribution >= 0.6 is 0 Å². The zero-order valence-electron chi connectivity index (χ0n) is 10.7. The molecule has 2 N–H and O–H groups in total. The third-order valence-corrected chi connectivity index (χ3v) is 2.32. The number of methoxy groups -OCH3 is 1. The van der Waals surface area contributed by atoms with E-state index in [-0.39, 0.29) is 36.7 Å². The summed E-state index contributed by atoms with van der Waals surface area (Å²) < 4.78 is 22.7. The monoisotopic (exact) mass is 280 g/mol. The topological polar surface area (TPSA) is 89.1 Å². The van der Waals surface area contributed by atoms with E-state index in [0.29, 0.717) is 5.75 Å². The van der Waals surface area contributed by atoms with Gasteiger partial charge in [-0.1, -0.05) is 0 Å². The van der Waals surface area contributed by atoms with Crippen LogP contribution in [0.1, 0.15) is 6.42 Å². The molecule has 1 aromatic heterocycles. The van der Waals surface area contributed by atoms with Crippen LogP contribution in [0.2, 0.25) is 0 Å². The number of carbonyl (C=O) groups is 1. The van der Waals surface area contributed by atoms with Gasteiger partial charge < -0.3 is 9.47 Å². The van der Waals surface area contributed by atoms with E-state index in [4.69, 9.17) is 9.47 Å². The number of amides is 1. The molecule has 2 aromatic rings. The third-order valence-electron chi connectivity index (χ3n) is 2.32. The Hall–Kier alpha value is -2.64. The standard InChI is InChI=1S/C12H13FN4O3/c1-19-12-15-11(16-17-12)14-10(18)6-7-20-9-4-2-8(13)3-5-9/h2-5H,6-7H2,1H3,(H2,14,15,16,17,18). The fourth-order valence-electron chi connectivity index (χ4n) is 1.38. The van der Waals surface area contributed by atoms with Gasteiger partial charge in [-0.25, -0.2) is 9.49 Å². The van der Waals surface area contributed by atoms with Crippen molar-refractivity contribution in [2.24, 2.45) is 0 Å². The fourth-order valence-corrected chi connectivity index (χ4v) is 1.38. The summed E-state index contributed by atoms with van der Waals surface area (Å²) in [6, 6.07) is 5.71. The highest BCUT2D eigenvalue weighted by Crippen LogP contribution is 2.11. The van der Waals surface area contributed by atoms with Crippen LogP contribution in [0.15, 0.2) is 24.3 Å². The molecule has 2 rings (SSSR count). The molecule has 0 fully saturated rings. The molecule has 0 atom stereocenters. The number of carbonyl (C=O) groups excluding carboxylic acids is 1. The van der Waals surface area contributed by atoms with Crippen molar-refractivity contribution >= 4 is 11.9 Å². The first kappa shape index (κ1) is 13.8. The van der Waals surface area contributed by atoms with Crippen molar-refractivity contribution < 1.29 is 18.7 Å². The molecule has 1 aromatic carbocycles. The molecule has 0 aliphatic rings. The first-order chi connectivity index (χ1) is 9.67. The maximum atomic E-state index is 12.7. The van der Waals surface area contributed by atoms with E-state index in [9.17, 15) is 9.18 Å². The Bertz CT molecular complexity index is 570. The first-order valence-electron chi connectivity index (χ1n) is 5.82. The molecule has 0 saturated carbocycles. The SMILES string of the molecule is COc1n[nH]c(NC(=O)CCOc2ccc(F)cc2)n1. The Labute approximate surface area is 114 Å². The van der Waals surface area contributed by atoms with Crippen molar-refractivity contribution in [1.29, 1.82) is 0 Å². The van der Waals surface area contributed by atoms with Crippen molar-refractivity contribution in [2.45, 2.75) is 6.42 Å². The molecule has 0 spiro atoms.